The van der Waals surface area contributed by atoms with Gasteiger partial charge in [0.1, 0.15) is 30.6 Å². The molecule has 4 aliphatic rings. The van der Waals surface area contributed by atoms with E-state index < -0.39 is 19.1 Å². The van der Waals surface area contributed by atoms with Gasteiger partial charge in [0, 0.05) is 91.5 Å². The molecule has 1 unspecified atom stereocenters. The van der Waals surface area contributed by atoms with Crippen molar-refractivity contribution in [2.75, 3.05) is 94.2 Å². The van der Waals surface area contributed by atoms with Gasteiger partial charge in [-0.2, -0.15) is 4.98 Å². The summed E-state index contributed by atoms with van der Waals surface area (Å²) in [5, 5.41) is 9.89. The van der Waals surface area contributed by atoms with Crippen LogP contribution in [0.4, 0.5) is 28.8 Å². The standard InChI is InChI=1S/C45H53ClN9O7PS/c1-61-37-25-30(11-12-34(37)49-45-47-26-33(46)42(51-45)48-35-8-4-5-9-38(35)63(2,3)60)52-17-15-29(16-18-52)53-19-21-54(22-20-53)41(57)28-62-23-24-64-39-10-6-7-31-32(39)27-55(44(31)59)36-13-14-40(56)50-43(36)58/h4-12,25-26,29,36H,13-24,27-28H2,1-3H3,(H,50,56,58)(H2,47,48,49,51). The Morgan fingerprint density at radius 3 is 2.48 bits per heavy atom. The molecule has 5 heterocycles. The van der Waals surface area contributed by atoms with Crippen molar-refractivity contribution in [2.45, 2.75) is 49.2 Å². The lowest BCUT2D eigenvalue weighted by Gasteiger charge is -2.43. The second kappa shape index (κ2) is 19.9. The average Bonchev–Trinajstić information content (AvgIpc) is 3.63. The first-order valence-corrected chi connectivity index (χ1v) is 25.5. The van der Waals surface area contributed by atoms with Crippen LogP contribution >= 0.6 is 30.5 Å². The number of fused-ring (bicyclic) bond motifs is 1. The molecule has 3 saturated heterocycles. The summed E-state index contributed by atoms with van der Waals surface area (Å²) < 4.78 is 24.5. The van der Waals surface area contributed by atoms with E-state index in [0.29, 0.717) is 89.2 Å². The Kier molecular flexibility index (Phi) is 14.1. The Hall–Kier alpha value is -5.19. The van der Waals surface area contributed by atoms with Gasteiger partial charge in [0.05, 0.1) is 31.3 Å². The van der Waals surface area contributed by atoms with Crippen LogP contribution in [-0.4, -0.2) is 139 Å². The molecule has 8 rings (SSSR count). The summed E-state index contributed by atoms with van der Waals surface area (Å²) in [7, 11) is -0.925. The summed E-state index contributed by atoms with van der Waals surface area (Å²) in [6.07, 6.45) is 4.07. The smallest absolute Gasteiger partial charge is 0.255 e. The van der Waals surface area contributed by atoms with E-state index in [1.165, 1.54) is 6.20 Å². The maximum atomic E-state index is 13.2. The highest BCUT2D eigenvalue weighted by Crippen LogP contribution is 2.39. The van der Waals surface area contributed by atoms with Crippen LogP contribution in [0.25, 0.3) is 0 Å². The van der Waals surface area contributed by atoms with E-state index in [-0.39, 0.29) is 30.7 Å². The minimum atomic E-state index is -2.56. The van der Waals surface area contributed by atoms with E-state index in [4.69, 9.17) is 21.1 Å². The van der Waals surface area contributed by atoms with Crippen LogP contribution in [0, 0.1) is 0 Å². The van der Waals surface area contributed by atoms with Gasteiger partial charge in [0.2, 0.25) is 23.7 Å². The molecule has 3 aromatic carbocycles. The number of hydrogen-bond acceptors (Lipinski definition) is 14. The van der Waals surface area contributed by atoms with Gasteiger partial charge < -0.3 is 39.4 Å². The number of carbonyl (C=O) groups excluding carboxylic acids is 4. The average molecular weight is 930 g/mol. The third-order valence-electron chi connectivity index (χ3n) is 12.2. The predicted molar refractivity (Wildman–Crippen MR) is 250 cm³/mol. The molecule has 0 aliphatic carbocycles. The number of nitrogens with one attached hydrogen (secondary N) is 3. The minimum Gasteiger partial charge on any atom is -0.494 e. The fraction of sp³-hybridized carbons (Fsp3) is 0.422. The number of ether oxygens (including phenoxy) is 2. The van der Waals surface area contributed by atoms with Crippen molar-refractivity contribution in [2.24, 2.45) is 0 Å². The van der Waals surface area contributed by atoms with Gasteiger partial charge >= 0.3 is 0 Å². The van der Waals surface area contributed by atoms with Crippen LogP contribution < -0.4 is 30.9 Å². The molecule has 4 amide bonds. The van der Waals surface area contributed by atoms with E-state index in [2.05, 4.69) is 41.8 Å². The highest BCUT2D eigenvalue weighted by molar-refractivity contribution is 7.99. The van der Waals surface area contributed by atoms with Gasteiger partial charge in [-0.05, 0) is 74.6 Å². The van der Waals surface area contributed by atoms with Crippen molar-refractivity contribution in [3.63, 3.8) is 0 Å². The van der Waals surface area contributed by atoms with Gasteiger partial charge in [-0.15, -0.1) is 11.8 Å². The fourth-order valence-electron chi connectivity index (χ4n) is 8.77. The Morgan fingerprint density at radius 2 is 1.73 bits per heavy atom. The van der Waals surface area contributed by atoms with E-state index in [1.807, 2.05) is 53.4 Å². The number of aromatic nitrogens is 2. The molecule has 64 heavy (non-hydrogen) atoms. The number of amides is 4. The van der Waals surface area contributed by atoms with Crippen LogP contribution in [0.1, 0.15) is 41.6 Å². The molecular formula is C45H53ClN9O7PS. The number of methoxy groups -OCH3 is 1. The summed E-state index contributed by atoms with van der Waals surface area (Å²) in [5.74, 6) is 1.03. The summed E-state index contributed by atoms with van der Waals surface area (Å²) in [6.45, 7) is 8.94. The van der Waals surface area contributed by atoms with Crippen LogP contribution in [0.2, 0.25) is 5.02 Å². The molecule has 0 radical (unpaired) electrons. The number of nitrogens with zero attached hydrogens (tertiary/aromatic N) is 6. The summed E-state index contributed by atoms with van der Waals surface area (Å²) in [5.41, 5.74) is 3.90. The lowest BCUT2D eigenvalue weighted by molar-refractivity contribution is -0.138. The Balaban J connectivity index is 0.760. The highest BCUT2D eigenvalue weighted by atomic mass is 35.5. The van der Waals surface area contributed by atoms with Crippen LogP contribution in [-0.2, 0) is 30.2 Å². The molecular weight excluding hydrogens is 877 g/mol. The van der Waals surface area contributed by atoms with Gasteiger partial charge in [-0.25, -0.2) is 4.98 Å². The molecule has 3 fully saturated rings. The second-order valence-electron chi connectivity index (χ2n) is 16.6. The number of piperidine rings is 2. The molecule has 338 valence electrons. The Bertz CT molecular complexity index is 2460. The first-order chi connectivity index (χ1) is 30.9. The van der Waals surface area contributed by atoms with Crippen molar-refractivity contribution in [3.8, 4) is 5.75 Å². The third-order valence-corrected chi connectivity index (χ3v) is 15.1. The number of benzene rings is 3. The minimum absolute atomic E-state index is 0.0102. The highest BCUT2D eigenvalue weighted by Gasteiger charge is 2.40. The molecule has 4 aliphatic heterocycles. The number of hydrogen-bond donors (Lipinski definition) is 3. The molecule has 4 aromatic rings. The lowest BCUT2D eigenvalue weighted by atomic mass is 10.0. The number of piperazine rings is 1. The first-order valence-electron chi connectivity index (χ1n) is 21.5. The van der Waals surface area contributed by atoms with Crippen LogP contribution in [0.3, 0.4) is 0 Å². The quantitative estimate of drug-likeness (QED) is 0.0585. The van der Waals surface area contributed by atoms with Gasteiger partial charge in [-0.3, -0.25) is 29.4 Å². The first kappa shape index (κ1) is 45.4. The monoisotopic (exact) mass is 929 g/mol. The zero-order valence-electron chi connectivity index (χ0n) is 36.2. The number of thioether (sulfide) groups is 1. The Morgan fingerprint density at radius 1 is 0.953 bits per heavy atom. The molecule has 3 N–H and O–H groups in total. The molecule has 16 nitrogen and oxygen atoms in total. The molecule has 19 heteroatoms. The van der Waals surface area contributed by atoms with Crippen LogP contribution in [0.15, 0.2) is 71.8 Å². The van der Waals surface area contributed by atoms with E-state index in [1.54, 1.807) is 43.2 Å². The van der Waals surface area contributed by atoms with E-state index in [9.17, 15) is 23.7 Å². The summed E-state index contributed by atoms with van der Waals surface area (Å²) in [6, 6.07) is 18.8. The molecule has 0 saturated carbocycles. The summed E-state index contributed by atoms with van der Waals surface area (Å²) in [4.78, 5) is 68.6. The molecule has 1 atom stereocenters. The zero-order chi connectivity index (χ0) is 45.0. The predicted octanol–water partition coefficient (Wildman–Crippen LogP) is 5.56. The number of carbonyl (C=O) groups is 4. The van der Waals surface area contributed by atoms with Gasteiger partial charge in [-0.1, -0.05) is 29.8 Å². The number of anilines is 5. The number of imide groups is 1. The largest absolute Gasteiger partial charge is 0.494 e. The van der Waals surface area contributed by atoms with E-state index >= 15 is 0 Å². The number of halogens is 1. The normalized spacial score (nSPS) is 18.5. The van der Waals surface area contributed by atoms with Crippen molar-refractivity contribution in [1.82, 2.24) is 30.0 Å². The molecule has 0 spiro atoms. The number of rotatable bonds is 15. The van der Waals surface area contributed by atoms with Crippen molar-refractivity contribution >= 4 is 88.3 Å². The molecule has 1 aromatic heterocycles. The maximum Gasteiger partial charge on any atom is 0.255 e. The van der Waals surface area contributed by atoms with E-state index in [0.717, 1.165) is 55.2 Å². The van der Waals surface area contributed by atoms with Gasteiger partial charge in [0.25, 0.3) is 5.91 Å². The SMILES string of the molecule is COc1cc(N2CCC(N3CCN(C(=O)COCCSc4cccc5c4CN(C4CCC(=O)NC4=O)C5=O)CC3)CC2)ccc1Nc1ncc(Cl)c(Nc2ccccc2P(C)(C)=O)n1. The lowest BCUT2D eigenvalue weighted by Crippen LogP contribution is -2.54. The zero-order valence-corrected chi connectivity index (χ0v) is 38.6. The van der Waals surface area contributed by atoms with Crippen molar-refractivity contribution in [1.29, 1.82) is 0 Å². The fourth-order valence-corrected chi connectivity index (χ4v) is 11.0. The van der Waals surface area contributed by atoms with Crippen molar-refractivity contribution in [3.05, 3.63) is 83.0 Å². The summed E-state index contributed by atoms with van der Waals surface area (Å²) >= 11 is 8.04. The third kappa shape index (κ3) is 10.3. The van der Waals surface area contributed by atoms with Crippen molar-refractivity contribution < 1.29 is 33.2 Å². The topological polar surface area (TPSA) is 179 Å². The van der Waals surface area contributed by atoms with Crippen LogP contribution in [0.5, 0.6) is 5.75 Å². The molecule has 0 bridgehead atoms. The van der Waals surface area contributed by atoms with Gasteiger partial charge in [0.15, 0.2) is 5.82 Å². The maximum absolute atomic E-state index is 13.2. The second-order valence-corrected chi connectivity index (χ2v) is 21.3. The Labute approximate surface area is 382 Å². The number of para-hydroxylation sites is 1.